The van der Waals surface area contributed by atoms with E-state index in [-0.39, 0.29) is 12.3 Å². The zero-order valence-electron chi connectivity index (χ0n) is 10.2. The summed E-state index contributed by atoms with van der Waals surface area (Å²) < 4.78 is 0. The van der Waals surface area contributed by atoms with E-state index in [4.69, 9.17) is 5.73 Å². The van der Waals surface area contributed by atoms with Crippen LogP contribution in [0.3, 0.4) is 0 Å². The number of aromatic nitrogens is 1. The van der Waals surface area contributed by atoms with Gasteiger partial charge in [-0.05, 0) is 29.8 Å². The van der Waals surface area contributed by atoms with E-state index in [2.05, 4.69) is 10.3 Å². The Bertz CT molecular complexity index is 597. The highest BCUT2D eigenvalue weighted by atomic mass is 16.2. The summed E-state index contributed by atoms with van der Waals surface area (Å²) in [5.74, 6) is -0.778. The number of nitrogens with two attached hydrogens (primary N) is 1. The lowest BCUT2D eigenvalue weighted by atomic mass is 10.1. The third-order valence-corrected chi connectivity index (χ3v) is 2.58. The number of nitrogens with one attached hydrogen (secondary N) is 1. The van der Waals surface area contributed by atoms with Gasteiger partial charge in [0, 0.05) is 12.4 Å². The Balaban J connectivity index is 2.09. The normalized spacial score (nSPS) is 9.89. The van der Waals surface area contributed by atoms with E-state index >= 15 is 0 Å². The van der Waals surface area contributed by atoms with Gasteiger partial charge < -0.3 is 11.1 Å². The van der Waals surface area contributed by atoms with Gasteiger partial charge >= 0.3 is 0 Å². The van der Waals surface area contributed by atoms with Gasteiger partial charge in [-0.15, -0.1) is 0 Å². The second kappa shape index (κ2) is 5.77. The molecule has 0 saturated heterocycles. The van der Waals surface area contributed by atoms with Crippen molar-refractivity contribution in [3.05, 3.63) is 59.9 Å². The van der Waals surface area contributed by atoms with Crippen LogP contribution in [-0.2, 0) is 11.2 Å². The van der Waals surface area contributed by atoms with Gasteiger partial charge in [0.15, 0.2) is 0 Å². The van der Waals surface area contributed by atoms with Gasteiger partial charge in [0.1, 0.15) is 0 Å². The minimum absolute atomic E-state index is 0.208. The summed E-state index contributed by atoms with van der Waals surface area (Å²) in [5.41, 5.74) is 6.82. The highest BCUT2D eigenvalue weighted by Crippen LogP contribution is 2.14. The van der Waals surface area contributed by atoms with Crippen molar-refractivity contribution in [1.29, 1.82) is 0 Å². The molecule has 0 aliphatic rings. The number of hydrogen-bond donors (Lipinski definition) is 2. The second-order valence-electron chi connectivity index (χ2n) is 3.99. The van der Waals surface area contributed by atoms with Crippen molar-refractivity contribution in [2.45, 2.75) is 6.42 Å². The maximum absolute atomic E-state index is 11.9. The molecule has 0 atom stereocenters. The summed E-state index contributed by atoms with van der Waals surface area (Å²) >= 11 is 0. The molecule has 0 bridgehead atoms. The molecule has 0 aliphatic carbocycles. The first-order valence-electron chi connectivity index (χ1n) is 5.74. The van der Waals surface area contributed by atoms with Crippen LogP contribution in [-0.4, -0.2) is 16.8 Å². The van der Waals surface area contributed by atoms with Gasteiger partial charge in [-0.3, -0.25) is 14.6 Å². The van der Waals surface area contributed by atoms with Crippen molar-refractivity contribution in [3.63, 3.8) is 0 Å². The van der Waals surface area contributed by atoms with E-state index in [1.807, 2.05) is 0 Å². The number of nitrogens with zero attached hydrogens (tertiary/aromatic N) is 1. The molecule has 0 saturated carbocycles. The van der Waals surface area contributed by atoms with Crippen LogP contribution in [0.15, 0.2) is 48.8 Å². The van der Waals surface area contributed by atoms with Crippen molar-refractivity contribution >= 4 is 17.5 Å². The smallest absolute Gasteiger partial charge is 0.250 e. The van der Waals surface area contributed by atoms with Crippen molar-refractivity contribution in [1.82, 2.24) is 4.98 Å². The molecule has 1 aromatic heterocycles. The van der Waals surface area contributed by atoms with Crippen LogP contribution < -0.4 is 11.1 Å². The van der Waals surface area contributed by atoms with E-state index < -0.39 is 5.91 Å². The molecule has 0 unspecified atom stereocenters. The standard InChI is InChI=1S/C14H13N3O2/c15-14(19)11-3-1-2-4-12(11)17-13(18)9-10-5-7-16-8-6-10/h1-8H,9H2,(H2,15,19)(H,17,18). The second-order valence-corrected chi connectivity index (χ2v) is 3.99. The number of rotatable bonds is 4. The molecule has 96 valence electrons. The Kier molecular flexibility index (Phi) is 3.87. The highest BCUT2D eigenvalue weighted by molar-refractivity contribution is 6.03. The van der Waals surface area contributed by atoms with Crippen LogP contribution in [0.25, 0.3) is 0 Å². The molecule has 2 amide bonds. The van der Waals surface area contributed by atoms with E-state index in [1.54, 1.807) is 48.8 Å². The molecule has 0 aliphatic heterocycles. The monoisotopic (exact) mass is 255 g/mol. The lowest BCUT2D eigenvalue weighted by molar-refractivity contribution is -0.115. The number of benzene rings is 1. The SMILES string of the molecule is NC(=O)c1ccccc1NC(=O)Cc1ccncc1. The average molecular weight is 255 g/mol. The number of anilines is 1. The molecule has 1 aromatic carbocycles. The number of primary amides is 1. The van der Waals surface area contributed by atoms with E-state index in [1.165, 1.54) is 0 Å². The Morgan fingerprint density at radius 3 is 2.47 bits per heavy atom. The summed E-state index contributed by atoms with van der Waals surface area (Å²) in [7, 11) is 0. The Labute approximate surface area is 110 Å². The quantitative estimate of drug-likeness (QED) is 0.865. The number of carbonyl (C=O) groups is 2. The van der Waals surface area contributed by atoms with Crippen LogP contribution in [0.5, 0.6) is 0 Å². The fraction of sp³-hybridized carbons (Fsp3) is 0.0714. The summed E-state index contributed by atoms with van der Waals surface area (Å²) in [5, 5.41) is 2.68. The molecule has 0 radical (unpaired) electrons. The Morgan fingerprint density at radius 2 is 1.79 bits per heavy atom. The number of hydrogen-bond acceptors (Lipinski definition) is 3. The van der Waals surface area contributed by atoms with Gasteiger partial charge in [-0.2, -0.15) is 0 Å². The molecule has 2 aromatic rings. The highest BCUT2D eigenvalue weighted by Gasteiger charge is 2.10. The van der Waals surface area contributed by atoms with Crippen molar-refractivity contribution in [2.24, 2.45) is 5.73 Å². The zero-order valence-corrected chi connectivity index (χ0v) is 10.2. The molecular weight excluding hydrogens is 242 g/mol. The molecule has 0 fully saturated rings. The number of para-hydroxylation sites is 1. The summed E-state index contributed by atoms with van der Waals surface area (Å²) in [6.07, 6.45) is 3.47. The molecule has 19 heavy (non-hydrogen) atoms. The minimum Gasteiger partial charge on any atom is -0.366 e. The van der Waals surface area contributed by atoms with Crippen LogP contribution in [0.4, 0.5) is 5.69 Å². The van der Waals surface area contributed by atoms with Crippen molar-refractivity contribution in [2.75, 3.05) is 5.32 Å². The third kappa shape index (κ3) is 3.38. The molecule has 3 N–H and O–H groups in total. The topological polar surface area (TPSA) is 85.1 Å². The lowest BCUT2D eigenvalue weighted by Gasteiger charge is -2.08. The first-order valence-corrected chi connectivity index (χ1v) is 5.74. The predicted molar refractivity (Wildman–Crippen MR) is 71.5 cm³/mol. The number of carbonyl (C=O) groups excluding carboxylic acids is 2. The summed E-state index contributed by atoms with van der Waals surface area (Å²) in [4.78, 5) is 27.0. The summed E-state index contributed by atoms with van der Waals surface area (Å²) in [6, 6.07) is 10.2. The lowest BCUT2D eigenvalue weighted by Crippen LogP contribution is -2.19. The maximum atomic E-state index is 11.9. The first kappa shape index (κ1) is 12.8. The number of pyridine rings is 1. The van der Waals surface area contributed by atoms with E-state index in [0.29, 0.717) is 11.3 Å². The van der Waals surface area contributed by atoms with Gasteiger partial charge in [0.25, 0.3) is 5.91 Å². The van der Waals surface area contributed by atoms with Crippen LogP contribution in [0.1, 0.15) is 15.9 Å². The van der Waals surface area contributed by atoms with Gasteiger partial charge in [0.05, 0.1) is 17.7 Å². The van der Waals surface area contributed by atoms with Crippen LogP contribution in [0, 0.1) is 0 Å². The maximum Gasteiger partial charge on any atom is 0.250 e. The molecule has 5 heteroatoms. The van der Waals surface area contributed by atoms with Crippen LogP contribution in [0.2, 0.25) is 0 Å². The van der Waals surface area contributed by atoms with Gasteiger partial charge in [0.2, 0.25) is 5.91 Å². The average Bonchev–Trinajstić information content (AvgIpc) is 2.40. The van der Waals surface area contributed by atoms with E-state index in [9.17, 15) is 9.59 Å². The molecule has 2 rings (SSSR count). The Morgan fingerprint density at radius 1 is 1.11 bits per heavy atom. The molecular formula is C14H13N3O2. The predicted octanol–water partition coefficient (Wildman–Crippen LogP) is 1.36. The molecule has 5 nitrogen and oxygen atoms in total. The largest absolute Gasteiger partial charge is 0.366 e. The van der Waals surface area contributed by atoms with Gasteiger partial charge in [-0.25, -0.2) is 0 Å². The molecule has 1 heterocycles. The third-order valence-electron chi connectivity index (χ3n) is 2.58. The van der Waals surface area contributed by atoms with E-state index in [0.717, 1.165) is 5.56 Å². The number of amides is 2. The first-order chi connectivity index (χ1) is 9.16. The van der Waals surface area contributed by atoms with Crippen molar-refractivity contribution < 1.29 is 9.59 Å². The van der Waals surface area contributed by atoms with Gasteiger partial charge in [-0.1, -0.05) is 12.1 Å². The fourth-order valence-corrected chi connectivity index (χ4v) is 1.69. The minimum atomic E-state index is -0.570. The molecule has 0 spiro atoms. The Hall–Kier alpha value is -2.69. The van der Waals surface area contributed by atoms with Crippen molar-refractivity contribution in [3.8, 4) is 0 Å². The fourth-order valence-electron chi connectivity index (χ4n) is 1.69. The zero-order chi connectivity index (χ0) is 13.7. The summed E-state index contributed by atoms with van der Waals surface area (Å²) in [6.45, 7) is 0. The van der Waals surface area contributed by atoms with Crippen LogP contribution >= 0.6 is 0 Å².